The molecule has 3 rings (SSSR count). The van der Waals surface area contributed by atoms with Crippen molar-refractivity contribution in [2.45, 2.75) is 0 Å². The number of nitrogens with zero attached hydrogens (tertiary/aromatic N) is 1. The minimum absolute atomic E-state index is 1.06. The molecule has 1 N–H and O–H groups in total. The molecule has 16 heavy (non-hydrogen) atoms. The Morgan fingerprint density at radius 3 is 2.56 bits per heavy atom. The lowest BCUT2D eigenvalue weighted by atomic mass is 10.1. The third-order valence-corrected chi connectivity index (χ3v) is 3.28. The van der Waals surface area contributed by atoms with E-state index in [-0.39, 0.29) is 0 Å². The number of hydrogen-bond donors (Lipinski definition) is 1. The van der Waals surface area contributed by atoms with Crippen molar-refractivity contribution in [2.24, 2.45) is 0 Å². The first-order valence-electron chi connectivity index (χ1n) is 5.08. The number of rotatable bonds is 2. The highest BCUT2D eigenvalue weighted by molar-refractivity contribution is 7.13. The van der Waals surface area contributed by atoms with E-state index in [0.717, 1.165) is 10.7 Å². The van der Waals surface area contributed by atoms with Gasteiger partial charge in [0.15, 0.2) is 0 Å². The van der Waals surface area contributed by atoms with Gasteiger partial charge in [-0.2, -0.15) is 0 Å². The van der Waals surface area contributed by atoms with Gasteiger partial charge in [-0.1, -0.05) is 24.3 Å². The third-order valence-electron chi connectivity index (χ3n) is 2.48. The fraction of sp³-hybridized carbons (Fsp3) is 0. The van der Waals surface area contributed by atoms with E-state index in [1.807, 2.05) is 36.0 Å². The van der Waals surface area contributed by atoms with Crippen molar-refractivity contribution in [1.82, 2.24) is 9.97 Å². The number of aromatic amines is 1. The van der Waals surface area contributed by atoms with Crippen LogP contribution in [0.5, 0.6) is 0 Å². The molecule has 0 aliphatic rings. The van der Waals surface area contributed by atoms with E-state index >= 15 is 0 Å². The highest BCUT2D eigenvalue weighted by Crippen LogP contribution is 2.31. The number of aromatic nitrogens is 2. The van der Waals surface area contributed by atoms with E-state index in [1.165, 1.54) is 11.1 Å². The van der Waals surface area contributed by atoms with E-state index in [4.69, 9.17) is 0 Å². The molecule has 0 spiro atoms. The molecule has 2 heterocycles. The Balaban J connectivity index is 2.19. The van der Waals surface area contributed by atoms with Crippen molar-refractivity contribution in [3.8, 4) is 21.8 Å². The van der Waals surface area contributed by atoms with Gasteiger partial charge in [0.25, 0.3) is 0 Å². The van der Waals surface area contributed by atoms with Crippen LogP contribution in [0, 0.1) is 0 Å². The maximum absolute atomic E-state index is 4.36. The Morgan fingerprint density at radius 1 is 1.00 bits per heavy atom. The summed E-state index contributed by atoms with van der Waals surface area (Å²) in [4.78, 5) is 7.59. The fourth-order valence-electron chi connectivity index (χ4n) is 1.76. The van der Waals surface area contributed by atoms with Crippen molar-refractivity contribution < 1.29 is 0 Å². The van der Waals surface area contributed by atoms with Crippen LogP contribution in [0.4, 0.5) is 0 Å². The lowest BCUT2D eigenvalue weighted by Crippen LogP contribution is -1.83. The normalized spacial score (nSPS) is 10.5. The molecule has 0 aliphatic heterocycles. The topological polar surface area (TPSA) is 28.7 Å². The SMILES string of the molecule is c1c[nH]c(-c2ccccc2-c2nccs2)c1. The van der Waals surface area contributed by atoms with Gasteiger partial charge in [0.1, 0.15) is 5.01 Å². The summed E-state index contributed by atoms with van der Waals surface area (Å²) in [6.07, 6.45) is 3.78. The van der Waals surface area contributed by atoms with Crippen molar-refractivity contribution in [2.75, 3.05) is 0 Å². The van der Waals surface area contributed by atoms with Gasteiger partial charge in [-0.15, -0.1) is 11.3 Å². The summed E-state index contributed by atoms with van der Waals surface area (Å²) in [6.45, 7) is 0. The third kappa shape index (κ3) is 1.55. The van der Waals surface area contributed by atoms with E-state index in [9.17, 15) is 0 Å². The predicted octanol–water partition coefficient (Wildman–Crippen LogP) is 3.81. The van der Waals surface area contributed by atoms with Crippen LogP contribution in [0.3, 0.4) is 0 Å². The monoisotopic (exact) mass is 226 g/mol. The largest absolute Gasteiger partial charge is 0.361 e. The molecule has 78 valence electrons. The van der Waals surface area contributed by atoms with Crippen LogP contribution in [-0.2, 0) is 0 Å². The number of H-pyrrole nitrogens is 1. The second-order valence-corrected chi connectivity index (χ2v) is 4.36. The van der Waals surface area contributed by atoms with Gasteiger partial charge in [-0.05, 0) is 12.1 Å². The van der Waals surface area contributed by atoms with Crippen LogP contribution in [0.1, 0.15) is 0 Å². The maximum Gasteiger partial charge on any atom is 0.123 e. The number of benzene rings is 1. The average molecular weight is 226 g/mol. The predicted molar refractivity (Wildman–Crippen MR) is 67.3 cm³/mol. The molecule has 0 atom stereocenters. The summed E-state index contributed by atoms with van der Waals surface area (Å²) < 4.78 is 0. The van der Waals surface area contributed by atoms with Crippen LogP contribution in [0.15, 0.2) is 54.2 Å². The Bertz CT molecular complexity index is 515. The Kier molecular flexibility index (Phi) is 2.31. The molecule has 3 heteroatoms. The van der Waals surface area contributed by atoms with Gasteiger partial charge >= 0.3 is 0 Å². The van der Waals surface area contributed by atoms with Crippen molar-refractivity contribution in [3.63, 3.8) is 0 Å². The minimum Gasteiger partial charge on any atom is -0.361 e. The molecule has 0 radical (unpaired) electrons. The summed E-state index contributed by atoms with van der Waals surface area (Å²) >= 11 is 1.66. The second kappa shape index (κ2) is 3.94. The number of hydrogen-bond acceptors (Lipinski definition) is 2. The number of thiazole rings is 1. The average Bonchev–Trinajstić information content (AvgIpc) is 3.03. The zero-order chi connectivity index (χ0) is 10.8. The second-order valence-electron chi connectivity index (χ2n) is 3.47. The van der Waals surface area contributed by atoms with E-state index in [1.54, 1.807) is 11.3 Å². The minimum atomic E-state index is 1.06. The van der Waals surface area contributed by atoms with Crippen molar-refractivity contribution in [3.05, 3.63) is 54.2 Å². The quantitative estimate of drug-likeness (QED) is 0.707. The van der Waals surface area contributed by atoms with Crippen LogP contribution in [0.2, 0.25) is 0 Å². The number of nitrogens with one attached hydrogen (secondary N) is 1. The van der Waals surface area contributed by atoms with Crippen LogP contribution in [0.25, 0.3) is 21.8 Å². The zero-order valence-corrected chi connectivity index (χ0v) is 9.37. The molecule has 0 fully saturated rings. The Labute approximate surface area is 97.6 Å². The highest BCUT2D eigenvalue weighted by atomic mass is 32.1. The smallest absolute Gasteiger partial charge is 0.123 e. The van der Waals surface area contributed by atoms with Gasteiger partial charge in [-0.25, -0.2) is 4.98 Å². The van der Waals surface area contributed by atoms with Gasteiger partial charge in [-0.3, -0.25) is 0 Å². The molecule has 0 saturated heterocycles. The van der Waals surface area contributed by atoms with E-state index in [0.29, 0.717) is 0 Å². The summed E-state index contributed by atoms with van der Waals surface area (Å²) in [5.74, 6) is 0. The summed E-state index contributed by atoms with van der Waals surface area (Å²) in [5, 5.41) is 3.06. The van der Waals surface area contributed by atoms with Gasteiger partial charge in [0.2, 0.25) is 0 Å². The molecular weight excluding hydrogens is 216 g/mol. The van der Waals surface area contributed by atoms with Crippen LogP contribution in [-0.4, -0.2) is 9.97 Å². The van der Waals surface area contributed by atoms with Gasteiger partial charge in [0, 0.05) is 34.6 Å². The first kappa shape index (κ1) is 9.36. The lowest BCUT2D eigenvalue weighted by molar-refractivity contribution is 1.38. The molecule has 0 aliphatic carbocycles. The lowest BCUT2D eigenvalue weighted by Gasteiger charge is -2.04. The van der Waals surface area contributed by atoms with Gasteiger partial charge in [0.05, 0.1) is 0 Å². The first-order valence-corrected chi connectivity index (χ1v) is 5.96. The van der Waals surface area contributed by atoms with E-state index < -0.39 is 0 Å². The Hall–Kier alpha value is -1.87. The molecule has 1 aromatic carbocycles. The summed E-state index contributed by atoms with van der Waals surface area (Å²) in [5.41, 5.74) is 3.51. The molecule has 3 aromatic rings. The fourth-order valence-corrected chi connectivity index (χ4v) is 2.44. The Morgan fingerprint density at radius 2 is 1.88 bits per heavy atom. The molecule has 0 saturated carbocycles. The zero-order valence-electron chi connectivity index (χ0n) is 8.55. The highest BCUT2D eigenvalue weighted by Gasteiger charge is 2.08. The molecular formula is C13H10N2S. The summed E-state index contributed by atoms with van der Waals surface area (Å²) in [6, 6.07) is 12.4. The summed E-state index contributed by atoms with van der Waals surface area (Å²) in [7, 11) is 0. The van der Waals surface area contributed by atoms with Crippen LogP contribution < -0.4 is 0 Å². The van der Waals surface area contributed by atoms with Crippen molar-refractivity contribution >= 4 is 11.3 Å². The standard InChI is InChI=1S/C13H10N2S/c1-2-5-11(13-15-8-9-16-13)10(4-1)12-6-3-7-14-12/h1-9,14H. The maximum atomic E-state index is 4.36. The molecule has 0 amide bonds. The van der Waals surface area contributed by atoms with E-state index in [2.05, 4.69) is 28.2 Å². The molecule has 2 aromatic heterocycles. The van der Waals surface area contributed by atoms with Gasteiger partial charge < -0.3 is 4.98 Å². The first-order chi connectivity index (χ1) is 7.95. The molecule has 0 unspecified atom stereocenters. The van der Waals surface area contributed by atoms with Crippen LogP contribution >= 0.6 is 11.3 Å². The molecule has 2 nitrogen and oxygen atoms in total. The van der Waals surface area contributed by atoms with Crippen molar-refractivity contribution in [1.29, 1.82) is 0 Å². The molecule has 0 bridgehead atoms.